The van der Waals surface area contributed by atoms with Gasteiger partial charge in [0.1, 0.15) is 15.5 Å². The van der Waals surface area contributed by atoms with Crippen molar-refractivity contribution in [2.75, 3.05) is 25.5 Å². The molecule has 6 nitrogen and oxygen atoms in total. The number of nitrogens with zero attached hydrogens (tertiary/aromatic N) is 2. The number of methoxy groups -OCH3 is 1. The number of likely N-dealkylation sites (tertiary alicyclic amines) is 1. The molecule has 31 heavy (non-hydrogen) atoms. The standard InChI is InChI=1S/C23H24FN3O3S/c1-30-23(29)20-19(26-21(28)15-6-8-16(24)9-7-15)18-11-10-17(25-22(18)31-20)14-27-12-4-2-3-5-13-27/h6-11H,2-5,12-14H2,1H3,(H,26,28). The smallest absolute Gasteiger partial charge is 0.350 e. The second-order valence-corrected chi connectivity index (χ2v) is 8.60. The van der Waals surface area contributed by atoms with Gasteiger partial charge in [0, 0.05) is 17.5 Å². The number of carbonyl (C=O) groups is 2. The zero-order valence-corrected chi connectivity index (χ0v) is 18.1. The first-order valence-electron chi connectivity index (χ1n) is 10.3. The van der Waals surface area contributed by atoms with Crippen molar-refractivity contribution >= 4 is 39.1 Å². The molecule has 1 aromatic carbocycles. The number of carbonyl (C=O) groups excluding carboxylic acids is 2. The highest BCUT2D eigenvalue weighted by Crippen LogP contribution is 2.36. The first-order chi connectivity index (χ1) is 15.0. The fraction of sp³-hybridized carbons (Fsp3) is 0.348. The van der Waals surface area contributed by atoms with E-state index in [-0.39, 0.29) is 4.88 Å². The first kappa shape index (κ1) is 21.4. The Morgan fingerprint density at radius 1 is 1.10 bits per heavy atom. The number of halogens is 1. The molecule has 0 spiro atoms. The molecule has 4 rings (SSSR count). The molecule has 1 N–H and O–H groups in total. The number of anilines is 1. The van der Waals surface area contributed by atoms with E-state index < -0.39 is 17.7 Å². The van der Waals surface area contributed by atoms with Gasteiger partial charge in [0.15, 0.2) is 0 Å². The minimum Gasteiger partial charge on any atom is -0.465 e. The molecule has 0 radical (unpaired) electrons. The average Bonchev–Trinajstić information content (AvgIpc) is 2.93. The lowest BCUT2D eigenvalue weighted by atomic mass is 10.2. The average molecular weight is 442 g/mol. The van der Waals surface area contributed by atoms with Gasteiger partial charge in [0.25, 0.3) is 5.91 Å². The molecular formula is C23H24FN3O3S. The number of esters is 1. The molecule has 0 atom stereocenters. The van der Waals surface area contributed by atoms with Crippen LogP contribution in [0.5, 0.6) is 0 Å². The van der Waals surface area contributed by atoms with Crippen LogP contribution in [0.25, 0.3) is 10.2 Å². The molecule has 162 valence electrons. The van der Waals surface area contributed by atoms with Crippen molar-refractivity contribution in [3.8, 4) is 0 Å². The van der Waals surface area contributed by atoms with Crippen LogP contribution >= 0.6 is 11.3 Å². The van der Waals surface area contributed by atoms with E-state index in [0.717, 1.165) is 25.3 Å². The summed E-state index contributed by atoms with van der Waals surface area (Å²) in [6, 6.07) is 9.06. The van der Waals surface area contributed by atoms with E-state index in [2.05, 4.69) is 10.2 Å². The van der Waals surface area contributed by atoms with Crippen molar-refractivity contribution in [1.82, 2.24) is 9.88 Å². The van der Waals surface area contributed by atoms with Gasteiger partial charge in [0.05, 0.1) is 18.5 Å². The fourth-order valence-electron chi connectivity index (χ4n) is 3.78. The summed E-state index contributed by atoms with van der Waals surface area (Å²) in [4.78, 5) is 33.2. The predicted octanol–water partition coefficient (Wildman–Crippen LogP) is 4.85. The van der Waals surface area contributed by atoms with Gasteiger partial charge in [0.2, 0.25) is 0 Å². The lowest BCUT2D eigenvalue weighted by Crippen LogP contribution is -2.24. The highest BCUT2D eigenvalue weighted by molar-refractivity contribution is 7.21. The predicted molar refractivity (Wildman–Crippen MR) is 119 cm³/mol. The van der Waals surface area contributed by atoms with Crippen molar-refractivity contribution in [2.24, 2.45) is 0 Å². The van der Waals surface area contributed by atoms with E-state index >= 15 is 0 Å². The molecule has 2 aromatic heterocycles. The largest absolute Gasteiger partial charge is 0.465 e. The van der Waals surface area contributed by atoms with Gasteiger partial charge in [-0.25, -0.2) is 14.2 Å². The summed E-state index contributed by atoms with van der Waals surface area (Å²) in [6.07, 6.45) is 4.95. The summed E-state index contributed by atoms with van der Waals surface area (Å²) >= 11 is 1.20. The second-order valence-electron chi connectivity index (χ2n) is 7.60. The van der Waals surface area contributed by atoms with Gasteiger partial charge in [-0.1, -0.05) is 12.8 Å². The van der Waals surface area contributed by atoms with Gasteiger partial charge < -0.3 is 10.1 Å². The highest BCUT2D eigenvalue weighted by Gasteiger charge is 2.23. The Labute approximate surface area is 184 Å². The normalized spacial score (nSPS) is 14.9. The zero-order chi connectivity index (χ0) is 21.8. The number of aromatic nitrogens is 1. The van der Waals surface area contributed by atoms with Crippen molar-refractivity contribution in [2.45, 2.75) is 32.2 Å². The monoisotopic (exact) mass is 441 g/mol. The van der Waals surface area contributed by atoms with Gasteiger partial charge >= 0.3 is 5.97 Å². The van der Waals surface area contributed by atoms with E-state index in [1.807, 2.05) is 12.1 Å². The SMILES string of the molecule is COC(=O)c1sc2nc(CN3CCCCCC3)ccc2c1NC(=O)c1ccc(F)cc1. The summed E-state index contributed by atoms with van der Waals surface area (Å²) in [5.74, 6) is -1.39. The molecule has 1 fully saturated rings. The number of rotatable bonds is 5. The number of fused-ring (bicyclic) bond motifs is 1. The minimum atomic E-state index is -0.536. The lowest BCUT2D eigenvalue weighted by molar-refractivity contribution is 0.0607. The first-order valence-corrected chi connectivity index (χ1v) is 11.2. The topological polar surface area (TPSA) is 71.5 Å². The highest BCUT2D eigenvalue weighted by atomic mass is 32.1. The Hall–Kier alpha value is -2.84. The van der Waals surface area contributed by atoms with Crippen LogP contribution in [0.3, 0.4) is 0 Å². The van der Waals surface area contributed by atoms with E-state index in [1.54, 1.807) is 0 Å². The Morgan fingerprint density at radius 3 is 2.48 bits per heavy atom. The molecule has 1 aliphatic heterocycles. The van der Waals surface area contributed by atoms with Crippen LogP contribution in [0.1, 0.15) is 51.4 Å². The third-order valence-electron chi connectivity index (χ3n) is 5.41. The van der Waals surface area contributed by atoms with Crippen molar-refractivity contribution in [1.29, 1.82) is 0 Å². The van der Waals surface area contributed by atoms with Crippen LogP contribution < -0.4 is 5.32 Å². The van der Waals surface area contributed by atoms with Gasteiger partial charge in [-0.3, -0.25) is 9.69 Å². The van der Waals surface area contributed by atoms with Crippen LogP contribution in [-0.2, 0) is 11.3 Å². The Kier molecular flexibility index (Phi) is 6.58. The molecule has 3 heterocycles. The van der Waals surface area contributed by atoms with E-state index in [1.165, 1.54) is 68.4 Å². The maximum Gasteiger partial charge on any atom is 0.350 e. The number of nitrogens with one attached hydrogen (secondary N) is 1. The molecule has 8 heteroatoms. The van der Waals surface area contributed by atoms with Crippen LogP contribution in [0.2, 0.25) is 0 Å². The maximum atomic E-state index is 13.2. The number of hydrogen-bond donors (Lipinski definition) is 1. The molecule has 1 saturated heterocycles. The molecule has 3 aromatic rings. The number of pyridine rings is 1. The summed E-state index contributed by atoms with van der Waals surface area (Å²) in [6.45, 7) is 2.89. The van der Waals surface area contributed by atoms with E-state index in [0.29, 0.717) is 21.5 Å². The zero-order valence-electron chi connectivity index (χ0n) is 17.3. The van der Waals surface area contributed by atoms with Gasteiger partial charge in [-0.2, -0.15) is 0 Å². The summed E-state index contributed by atoms with van der Waals surface area (Å²) < 4.78 is 18.1. The fourth-order valence-corrected chi connectivity index (χ4v) is 4.84. The quantitative estimate of drug-likeness (QED) is 0.573. The molecule has 0 saturated carbocycles. The van der Waals surface area contributed by atoms with Crippen molar-refractivity contribution in [3.63, 3.8) is 0 Å². The van der Waals surface area contributed by atoms with E-state index in [4.69, 9.17) is 9.72 Å². The Balaban J connectivity index is 1.63. The van der Waals surface area contributed by atoms with Crippen LogP contribution in [-0.4, -0.2) is 42.0 Å². The summed E-state index contributed by atoms with van der Waals surface area (Å²) in [5, 5.41) is 3.47. The third-order valence-corrected chi connectivity index (χ3v) is 6.49. The van der Waals surface area contributed by atoms with E-state index in [9.17, 15) is 14.0 Å². The van der Waals surface area contributed by atoms with Crippen molar-refractivity contribution < 1.29 is 18.7 Å². The molecule has 1 aliphatic rings. The summed E-state index contributed by atoms with van der Waals surface area (Å²) in [5.41, 5.74) is 1.60. The number of benzene rings is 1. The van der Waals surface area contributed by atoms with Gasteiger partial charge in [-0.15, -0.1) is 11.3 Å². The lowest BCUT2D eigenvalue weighted by Gasteiger charge is -2.19. The molecule has 1 amide bonds. The van der Waals surface area contributed by atoms with Gasteiger partial charge in [-0.05, 0) is 62.3 Å². The molecular weight excluding hydrogens is 417 g/mol. The number of thiophene rings is 1. The van der Waals surface area contributed by atoms with Crippen LogP contribution in [0, 0.1) is 5.82 Å². The van der Waals surface area contributed by atoms with Crippen LogP contribution in [0.15, 0.2) is 36.4 Å². The Bertz CT molecular complexity index is 1090. The maximum absolute atomic E-state index is 13.2. The molecule has 0 bridgehead atoms. The number of amides is 1. The molecule has 0 aliphatic carbocycles. The second kappa shape index (κ2) is 9.53. The van der Waals surface area contributed by atoms with Crippen LogP contribution in [0.4, 0.5) is 10.1 Å². The summed E-state index contributed by atoms with van der Waals surface area (Å²) in [7, 11) is 1.30. The Morgan fingerprint density at radius 2 is 1.81 bits per heavy atom. The molecule has 0 unspecified atom stereocenters. The van der Waals surface area contributed by atoms with Crippen molar-refractivity contribution in [3.05, 3.63) is 58.3 Å². The number of hydrogen-bond acceptors (Lipinski definition) is 6. The third kappa shape index (κ3) is 4.91. The minimum absolute atomic E-state index is 0.285. The number of ether oxygens (including phenoxy) is 1.